The van der Waals surface area contributed by atoms with Crippen molar-refractivity contribution in [2.75, 3.05) is 52.5 Å². The third kappa shape index (κ3) is 8.54. The lowest BCUT2D eigenvalue weighted by molar-refractivity contribution is -0.124. The van der Waals surface area contributed by atoms with Crippen molar-refractivity contribution in [1.29, 1.82) is 0 Å². The van der Waals surface area contributed by atoms with E-state index in [-0.39, 0.29) is 35.4 Å². The maximum atomic E-state index is 12.0. The minimum absolute atomic E-state index is 0. The van der Waals surface area contributed by atoms with Crippen LogP contribution in [0, 0.1) is 5.92 Å². The monoisotopic (exact) mass is 467 g/mol. The zero-order valence-corrected chi connectivity index (χ0v) is 18.1. The number of amides is 1. The number of rotatable bonds is 4. The molecular weight excluding hydrogens is 433 g/mol. The highest BCUT2D eigenvalue weighted by Crippen LogP contribution is 2.17. The first-order valence-electron chi connectivity index (χ1n) is 8.99. The molecule has 8 heteroatoms. The van der Waals surface area contributed by atoms with E-state index < -0.39 is 0 Å². The van der Waals surface area contributed by atoms with Crippen molar-refractivity contribution in [3.63, 3.8) is 0 Å². The molecule has 0 atom stereocenters. The quantitative estimate of drug-likeness (QED) is 0.365. The van der Waals surface area contributed by atoms with Gasteiger partial charge in [-0.25, -0.2) is 0 Å². The summed E-state index contributed by atoms with van der Waals surface area (Å²) in [5, 5.41) is 3.02. The molecule has 146 valence electrons. The number of likely N-dealkylation sites (tertiary alicyclic amines) is 1. The van der Waals surface area contributed by atoms with E-state index >= 15 is 0 Å². The van der Waals surface area contributed by atoms with Crippen LogP contribution in [0.1, 0.15) is 33.6 Å². The van der Waals surface area contributed by atoms with E-state index in [0.717, 1.165) is 58.8 Å². The van der Waals surface area contributed by atoms with Crippen molar-refractivity contribution in [2.45, 2.75) is 39.2 Å². The van der Waals surface area contributed by atoms with E-state index in [1.165, 1.54) is 0 Å². The van der Waals surface area contributed by atoms with Gasteiger partial charge >= 0.3 is 0 Å². The third-order valence-corrected chi connectivity index (χ3v) is 4.44. The normalized spacial score (nSPS) is 20.9. The van der Waals surface area contributed by atoms with E-state index in [0.29, 0.717) is 18.4 Å². The van der Waals surface area contributed by atoms with Gasteiger partial charge in [0.15, 0.2) is 5.96 Å². The molecule has 2 rings (SSSR count). The first-order valence-corrected chi connectivity index (χ1v) is 8.99. The standard InChI is InChI=1S/C17H33N5O2.HI/c1-17(2,3)20-15(23)13-21-6-4-14(5-7-21)12-19-16(18)22-8-10-24-11-9-22;/h14H,4-13H2,1-3H3,(H2,18,19)(H,20,23);1H. The average Bonchev–Trinajstić information content (AvgIpc) is 2.53. The highest BCUT2D eigenvalue weighted by molar-refractivity contribution is 14.0. The van der Waals surface area contributed by atoms with Crippen LogP contribution in [0.3, 0.4) is 0 Å². The molecule has 1 amide bonds. The fourth-order valence-electron chi connectivity index (χ4n) is 3.10. The molecule has 0 bridgehead atoms. The summed E-state index contributed by atoms with van der Waals surface area (Å²) in [5.74, 6) is 1.31. The first kappa shape index (κ1) is 22.4. The summed E-state index contributed by atoms with van der Waals surface area (Å²) in [4.78, 5) is 20.9. The summed E-state index contributed by atoms with van der Waals surface area (Å²) in [5.41, 5.74) is 5.91. The second kappa shape index (κ2) is 10.5. The van der Waals surface area contributed by atoms with Crippen molar-refractivity contribution in [3.8, 4) is 0 Å². The topological polar surface area (TPSA) is 83.2 Å². The van der Waals surface area contributed by atoms with Gasteiger partial charge in [0.1, 0.15) is 0 Å². The van der Waals surface area contributed by atoms with Gasteiger partial charge in [-0.1, -0.05) is 0 Å². The maximum Gasteiger partial charge on any atom is 0.234 e. The Bertz CT molecular complexity index is 439. The Balaban J connectivity index is 0.00000312. The van der Waals surface area contributed by atoms with Crippen molar-refractivity contribution in [1.82, 2.24) is 15.1 Å². The molecule has 0 aliphatic carbocycles. The average molecular weight is 467 g/mol. The SMILES string of the molecule is CC(C)(C)NC(=O)CN1CCC(CN=C(N)N2CCOCC2)CC1.I. The van der Waals surface area contributed by atoms with Crippen LogP contribution in [0.25, 0.3) is 0 Å². The van der Waals surface area contributed by atoms with Crippen LogP contribution in [0.15, 0.2) is 4.99 Å². The molecule has 3 N–H and O–H groups in total. The second-order valence-electron chi connectivity index (χ2n) is 7.82. The smallest absolute Gasteiger partial charge is 0.234 e. The Kier molecular flexibility index (Phi) is 9.44. The number of hydrogen-bond donors (Lipinski definition) is 2. The fraction of sp³-hybridized carbons (Fsp3) is 0.882. The molecule has 0 aromatic rings. The predicted octanol–water partition coefficient (Wildman–Crippen LogP) is 0.878. The van der Waals surface area contributed by atoms with Crippen LogP contribution < -0.4 is 11.1 Å². The van der Waals surface area contributed by atoms with Crippen LogP contribution in [0.2, 0.25) is 0 Å². The van der Waals surface area contributed by atoms with Gasteiger partial charge in [0.05, 0.1) is 19.8 Å². The summed E-state index contributed by atoms with van der Waals surface area (Å²) in [7, 11) is 0. The van der Waals surface area contributed by atoms with Gasteiger partial charge in [-0.2, -0.15) is 0 Å². The van der Waals surface area contributed by atoms with Crippen LogP contribution in [0.5, 0.6) is 0 Å². The first-order chi connectivity index (χ1) is 11.3. The number of guanidine groups is 1. The molecule has 2 saturated heterocycles. The number of hydrogen-bond acceptors (Lipinski definition) is 4. The Morgan fingerprint density at radius 1 is 1.20 bits per heavy atom. The molecule has 2 aliphatic heterocycles. The Labute approximate surface area is 168 Å². The number of aliphatic imine (C=N–C) groups is 1. The predicted molar refractivity (Wildman–Crippen MR) is 111 cm³/mol. The van der Waals surface area contributed by atoms with Gasteiger partial charge in [-0.15, -0.1) is 24.0 Å². The van der Waals surface area contributed by atoms with Crippen molar-refractivity contribution >= 4 is 35.8 Å². The molecule has 0 aromatic heterocycles. The highest BCUT2D eigenvalue weighted by atomic mass is 127. The van der Waals surface area contributed by atoms with Crippen molar-refractivity contribution in [3.05, 3.63) is 0 Å². The third-order valence-electron chi connectivity index (χ3n) is 4.44. The molecule has 0 spiro atoms. The Morgan fingerprint density at radius 2 is 1.80 bits per heavy atom. The summed E-state index contributed by atoms with van der Waals surface area (Å²) in [6.45, 7) is 12.3. The minimum Gasteiger partial charge on any atom is -0.378 e. The van der Waals surface area contributed by atoms with Gasteiger partial charge < -0.3 is 20.7 Å². The molecule has 0 radical (unpaired) electrons. The number of nitrogens with two attached hydrogens (primary N) is 1. The van der Waals surface area contributed by atoms with Gasteiger partial charge in [-0.3, -0.25) is 14.7 Å². The Hall–Kier alpha value is -0.610. The zero-order valence-electron chi connectivity index (χ0n) is 15.8. The van der Waals surface area contributed by atoms with Gasteiger partial charge in [0.2, 0.25) is 5.91 Å². The molecule has 2 heterocycles. The van der Waals surface area contributed by atoms with E-state index in [1.807, 2.05) is 20.8 Å². The molecule has 0 aromatic carbocycles. The van der Waals surface area contributed by atoms with Crippen LogP contribution >= 0.6 is 24.0 Å². The number of halogens is 1. The van der Waals surface area contributed by atoms with E-state index in [2.05, 4.69) is 20.1 Å². The fourth-order valence-corrected chi connectivity index (χ4v) is 3.10. The summed E-state index contributed by atoms with van der Waals surface area (Å²) < 4.78 is 5.33. The van der Waals surface area contributed by atoms with Crippen LogP contribution in [-0.2, 0) is 9.53 Å². The lowest BCUT2D eigenvalue weighted by atomic mass is 9.97. The number of carbonyl (C=O) groups is 1. The van der Waals surface area contributed by atoms with E-state index in [4.69, 9.17) is 10.5 Å². The van der Waals surface area contributed by atoms with Crippen LogP contribution in [0.4, 0.5) is 0 Å². The number of nitrogens with one attached hydrogen (secondary N) is 1. The number of ether oxygens (including phenoxy) is 1. The van der Waals surface area contributed by atoms with Gasteiger partial charge in [0.25, 0.3) is 0 Å². The summed E-state index contributed by atoms with van der Waals surface area (Å²) in [6, 6.07) is 0. The number of nitrogens with zero attached hydrogens (tertiary/aromatic N) is 3. The summed E-state index contributed by atoms with van der Waals surface area (Å²) in [6.07, 6.45) is 2.14. The minimum atomic E-state index is -0.166. The Morgan fingerprint density at radius 3 is 2.36 bits per heavy atom. The van der Waals surface area contributed by atoms with Gasteiger partial charge in [-0.05, 0) is 52.6 Å². The summed E-state index contributed by atoms with van der Waals surface area (Å²) >= 11 is 0. The van der Waals surface area contributed by atoms with Gasteiger partial charge in [0, 0.05) is 25.2 Å². The largest absolute Gasteiger partial charge is 0.378 e. The molecule has 25 heavy (non-hydrogen) atoms. The lowest BCUT2D eigenvalue weighted by Crippen LogP contribution is -2.47. The van der Waals surface area contributed by atoms with E-state index in [9.17, 15) is 4.79 Å². The van der Waals surface area contributed by atoms with E-state index in [1.54, 1.807) is 0 Å². The van der Waals surface area contributed by atoms with Crippen LogP contribution in [-0.4, -0.2) is 79.7 Å². The number of carbonyl (C=O) groups excluding carboxylic acids is 1. The molecule has 7 nitrogen and oxygen atoms in total. The molecular formula is C17H34IN5O2. The molecule has 0 unspecified atom stereocenters. The molecule has 2 fully saturated rings. The second-order valence-corrected chi connectivity index (χ2v) is 7.82. The molecule has 2 aliphatic rings. The van der Waals surface area contributed by atoms with Crippen molar-refractivity contribution in [2.24, 2.45) is 16.6 Å². The lowest BCUT2D eigenvalue weighted by Gasteiger charge is -2.32. The number of piperidine rings is 1. The zero-order chi connectivity index (χ0) is 17.6. The molecule has 0 saturated carbocycles. The number of morpholine rings is 1. The highest BCUT2D eigenvalue weighted by Gasteiger charge is 2.22. The van der Waals surface area contributed by atoms with Crippen molar-refractivity contribution < 1.29 is 9.53 Å². The maximum absolute atomic E-state index is 12.0.